The third-order valence-corrected chi connectivity index (χ3v) is 5.29. The number of aromatic amines is 1. The lowest BCUT2D eigenvalue weighted by molar-refractivity contribution is -0.119. The number of H-pyrrole nitrogens is 1. The fraction of sp³-hybridized carbons (Fsp3) is 0.208. The van der Waals surface area contributed by atoms with Gasteiger partial charge < -0.3 is 30.4 Å². The molecule has 1 aliphatic rings. The topological polar surface area (TPSA) is 158 Å². The maximum absolute atomic E-state index is 11.4. The predicted molar refractivity (Wildman–Crippen MR) is 122 cm³/mol. The Bertz CT molecular complexity index is 1290. The molecule has 2 aromatic carbocycles. The van der Waals surface area contributed by atoms with E-state index >= 15 is 0 Å². The molecule has 1 atom stereocenters. The van der Waals surface area contributed by atoms with Crippen LogP contribution in [0.2, 0.25) is 0 Å². The zero-order valence-corrected chi connectivity index (χ0v) is 18.6. The van der Waals surface area contributed by atoms with Crippen LogP contribution in [-0.2, 0) is 4.79 Å². The van der Waals surface area contributed by atoms with E-state index in [-0.39, 0.29) is 29.7 Å². The number of ether oxygens (including phenoxy) is 4. The van der Waals surface area contributed by atoms with Gasteiger partial charge in [0, 0.05) is 11.1 Å². The van der Waals surface area contributed by atoms with Gasteiger partial charge in [-0.25, -0.2) is 0 Å². The maximum Gasteiger partial charge on any atom is 0.255 e. The number of benzene rings is 2. The summed E-state index contributed by atoms with van der Waals surface area (Å²) in [7, 11) is 1.48. The van der Waals surface area contributed by atoms with Gasteiger partial charge in [0.2, 0.25) is 11.8 Å². The van der Waals surface area contributed by atoms with E-state index in [2.05, 4.69) is 16.3 Å². The summed E-state index contributed by atoms with van der Waals surface area (Å²) in [5.74, 6) is 0.145. The summed E-state index contributed by atoms with van der Waals surface area (Å²) in [5, 5.41) is 17.3. The van der Waals surface area contributed by atoms with Crippen LogP contribution in [0.15, 0.2) is 53.9 Å². The first kappa shape index (κ1) is 22.5. The number of fused-ring (bicyclic) bond motifs is 1. The summed E-state index contributed by atoms with van der Waals surface area (Å²) in [4.78, 5) is 11.4. The van der Waals surface area contributed by atoms with E-state index in [0.717, 1.165) is 11.3 Å². The van der Waals surface area contributed by atoms with Crippen LogP contribution >= 0.6 is 0 Å². The predicted octanol–water partition coefficient (Wildman–Crippen LogP) is 2.57. The number of nitrogens with zero attached hydrogens (tertiary/aromatic N) is 2. The summed E-state index contributed by atoms with van der Waals surface area (Å²) in [6.07, 6.45) is 0. The second-order valence-electron chi connectivity index (χ2n) is 7.33. The minimum atomic E-state index is -0.716. The molecule has 1 aromatic heterocycles. The number of carbonyl (C=O) groups excluding carboxylic acids is 1. The number of para-hydroxylation sites is 1. The van der Waals surface area contributed by atoms with Crippen LogP contribution in [0.3, 0.4) is 0 Å². The molecule has 0 fully saturated rings. The van der Waals surface area contributed by atoms with E-state index in [1.165, 1.54) is 7.11 Å². The van der Waals surface area contributed by atoms with E-state index < -0.39 is 11.8 Å². The fourth-order valence-electron chi connectivity index (χ4n) is 3.88. The molecule has 5 N–H and O–H groups in total. The molecule has 0 unspecified atom stereocenters. The van der Waals surface area contributed by atoms with Gasteiger partial charge in [-0.3, -0.25) is 9.89 Å². The lowest BCUT2D eigenvalue weighted by atomic mass is 9.82. The minimum absolute atomic E-state index is 0.0755. The number of methoxy groups -OCH3 is 1. The normalized spacial score (nSPS) is 14.6. The molecule has 10 heteroatoms. The van der Waals surface area contributed by atoms with Crippen LogP contribution in [0.4, 0.5) is 0 Å². The number of hydrogen-bond donors (Lipinski definition) is 3. The Morgan fingerprint density at radius 3 is 2.65 bits per heavy atom. The van der Waals surface area contributed by atoms with Crippen molar-refractivity contribution in [1.82, 2.24) is 10.2 Å². The van der Waals surface area contributed by atoms with Crippen molar-refractivity contribution in [2.45, 2.75) is 12.8 Å². The van der Waals surface area contributed by atoms with Gasteiger partial charge >= 0.3 is 0 Å². The molecule has 174 valence electrons. The quantitative estimate of drug-likeness (QED) is 0.462. The molecule has 2 heterocycles. The standard InChI is InChI=1S/C24H23N5O5/c1-3-32-14-9-7-13(8-10-14)21-20-19(16(11-25)23(27)34-24(20)29-28-21)15-5-4-6-17(31-2)22(15)33-12-18(26)30/h4-10,19H,3,12,27H2,1-2H3,(H2,26,30)(H,28,29)/t19-/m1/s1. The summed E-state index contributed by atoms with van der Waals surface area (Å²) in [6.45, 7) is 2.09. The largest absolute Gasteiger partial charge is 0.494 e. The minimum Gasteiger partial charge on any atom is -0.494 e. The van der Waals surface area contributed by atoms with Crippen LogP contribution in [0.1, 0.15) is 24.0 Å². The summed E-state index contributed by atoms with van der Waals surface area (Å²) in [6, 6.07) is 14.8. The molecule has 0 bridgehead atoms. The second kappa shape index (κ2) is 9.46. The van der Waals surface area contributed by atoms with E-state index in [0.29, 0.717) is 29.2 Å². The third-order valence-electron chi connectivity index (χ3n) is 5.29. The van der Waals surface area contributed by atoms with Crippen molar-refractivity contribution in [2.24, 2.45) is 11.5 Å². The maximum atomic E-state index is 11.4. The lowest BCUT2D eigenvalue weighted by Gasteiger charge is -2.26. The first-order chi connectivity index (χ1) is 16.5. The molecule has 34 heavy (non-hydrogen) atoms. The van der Waals surface area contributed by atoms with Crippen molar-refractivity contribution in [1.29, 1.82) is 5.26 Å². The van der Waals surface area contributed by atoms with Crippen molar-refractivity contribution < 1.29 is 23.7 Å². The Kier molecular flexibility index (Phi) is 6.27. The highest BCUT2D eigenvalue weighted by Crippen LogP contribution is 2.49. The molecular weight excluding hydrogens is 438 g/mol. The van der Waals surface area contributed by atoms with E-state index in [1.54, 1.807) is 18.2 Å². The van der Waals surface area contributed by atoms with Gasteiger partial charge in [-0.05, 0) is 37.3 Å². The van der Waals surface area contributed by atoms with Gasteiger partial charge in [0.05, 0.1) is 30.9 Å². The van der Waals surface area contributed by atoms with Crippen molar-refractivity contribution >= 4 is 5.91 Å². The van der Waals surface area contributed by atoms with Crippen molar-refractivity contribution in [3.8, 4) is 40.5 Å². The number of primary amides is 1. The van der Waals surface area contributed by atoms with Gasteiger partial charge in [-0.2, -0.15) is 5.26 Å². The fourth-order valence-corrected chi connectivity index (χ4v) is 3.88. The van der Waals surface area contributed by atoms with E-state index in [9.17, 15) is 10.1 Å². The Morgan fingerprint density at radius 1 is 1.24 bits per heavy atom. The van der Waals surface area contributed by atoms with Gasteiger partial charge in [-0.15, -0.1) is 5.10 Å². The number of hydrogen-bond acceptors (Lipinski definition) is 8. The number of nitrogens with one attached hydrogen (secondary N) is 1. The molecule has 1 amide bonds. The molecule has 0 aliphatic carbocycles. The highest BCUT2D eigenvalue weighted by molar-refractivity contribution is 5.76. The van der Waals surface area contributed by atoms with Gasteiger partial charge in [0.15, 0.2) is 18.1 Å². The van der Waals surface area contributed by atoms with Crippen LogP contribution in [0.5, 0.6) is 23.1 Å². The zero-order valence-electron chi connectivity index (χ0n) is 18.6. The van der Waals surface area contributed by atoms with Crippen molar-refractivity contribution in [3.05, 3.63) is 65.0 Å². The monoisotopic (exact) mass is 461 g/mol. The Labute approximate surface area is 195 Å². The summed E-state index contributed by atoms with van der Waals surface area (Å²) in [5.41, 5.74) is 14.1. The highest BCUT2D eigenvalue weighted by atomic mass is 16.5. The zero-order chi connectivity index (χ0) is 24.2. The number of carbonyl (C=O) groups is 1. The SMILES string of the molecule is CCOc1ccc(-c2[nH]nc3c2[C@H](c2cccc(OC)c2OCC(N)=O)C(C#N)=C(N)O3)cc1. The van der Waals surface area contributed by atoms with Crippen LogP contribution < -0.4 is 30.4 Å². The van der Waals surface area contributed by atoms with Crippen LogP contribution in [0, 0.1) is 11.3 Å². The summed E-state index contributed by atoms with van der Waals surface area (Å²) >= 11 is 0. The lowest BCUT2D eigenvalue weighted by Crippen LogP contribution is -2.23. The Morgan fingerprint density at radius 2 is 2.00 bits per heavy atom. The average Bonchev–Trinajstić information content (AvgIpc) is 3.25. The van der Waals surface area contributed by atoms with Crippen LogP contribution in [0.25, 0.3) is 11.3 Å². The van der Waals surface area contributed by atoms with Gasteiger partial charge in [0.25, 0.3) is 5.91 Å². The number of nitriles is 1. The molecule has 1 aliphatic heterocycles. The van der Waals surface area contributed by atoms with Crippen LogP contribution in [-0.4, -0.2) is 36.4 Å². The first-order valence-corrected chi connectivity index (χ1v) is 10.5. The molecular formula is C24H23N5O5. The van der Waals surface area contributed by atoms with E-state index in [4.69, 9.17) is 30.4 Å². The molecule has 0 radical (unpaired) electrons. The Hall–Kier alpha value is -4.65. The smallest absolute Gasteiger partial charge is 0.255 e. The number of rotatable bonds is 8. The molecule has 4 rings (SSSR count). The molecule has 0 saturated carbocycles. The third kappa shape index (κ3) is 4.06. The van der Waals surface area contributed by atoms with Gasteiger partial charge in [-0.1, -0.05) is 12.1 Å². The van der Waals surface area contributed by atoms with Gasteiger partial charge in [0.1, 0.15) is 17.4 Å². The van der Waals surface area contributed by atoms with E-state index in [1.807, 2.05) is 31.2 Å². The van der Waals surface area contributed by atoms with Crippen molar-refractivity contribution in [3.63, 3.8) is 0 Å². The molecule has 10 nitrogen and oxygen atoms in total. The number of allylic oxidation sites excluding steroid dienone is 1. The molecule has 0 spiro atoms. The first-order valence-electron chi connectivity index (χ1n) is 10.5. The number of nitrogens with two attached hydrogens (primary N) is 2. The molecule has 0 saturated heterocycles. The average molecular weight is 461 g/mol. The number of aromatic nitrogens is 2. The summed E-state index contributed by atoms with van der Waals surface area (Å²) < 4.78 is 22.4. The Balaban J connectivity index is 1.90. The molecule has 3 aromatic rings. The van der Waals surface area contributed by atoms with Crippen molar-refractivity contribution in [2.75, 3.05) is 20.3 Å². The number of amides is 1. The highest BCUT2D eigenvalue weighted by Gasteiger charge is 2.38. The second-order valence-corrected chi connectivity index (χ2v) is 7.33.